The number of ether oxygens (including phenoxy) is 1. The molecule has 1 aliphatic heterocycles. The fraction of sp³-hybridized carbons (Fsp3) is 0.773. The molecule has 1 saturated heterocycles. The Morgan fingerprint density at radius 1 is 1.04 bits per heavy atom. The second-order valence-electron chi connectivity index (χ2n) is 7.66. The van der Waals surface area contributed by atoms with Crippen molar-refractivity contribution in [3.63, 3.8) is 0 Å². The van der Waals surface area contributed by atoms with Crippen molar-refractivity contribution in [1.29, 1.82) is 0 Å². The van der Waals surface area contributed by atoms with Gasteiger partial charge in [0.15, 0.2) is 0 Å². The van der Waals surface area contributed by atoms with Gasteiger partial charge < -0.3 is 9.84 Å². The third kappa shape index (κ3) is 6.97. The van der Waals surface area contributed by atoms with Gasteiger partial charge in [-0.3, -0.25) is 4.79 Å². The molecule has 3 nitrogen and oxygen atoms in total. The van der Waals surface area contributed by atoms with Gasteiger partial charge in [-0.15, -0.1) is 0 Å². The molecule has 2 fully saturated rings. The first kappa shape index (κ1) is 20.2. The van der Waals surface area contributed by atoms with E-state index in [4.69, 9.17) is 9.84 Å². The fourth-order valence-electron chi connectivity index (χ4n) is 4.24. The second kappa shape index (κ2) is 11.5. The van der Waals surface area contributed by atoms with Gasteiger partial charge in [0.05, 0.1) is 12.2 Å². The maximum absolute atomic E-state index is 10.5. The molecule has 1 heterocycles. The Balaban J connectivity index is 1.76. The number of carboxylic acids is 1. The SMILES string of the molecule is CCCCCC/C=C/C1C(/C=C\CCCCC(=O)O)OC2CCCC21. The average molecular weight is 349 g/mol. The normalized spacial score (nSPS) is 29.0. The highest BCUT2D eigenvalue weighted by Gasteiger charge is 2.44. The van der Waals surface area contributed by atoms with Gasteiger partial charge in [0.1, 0.15) is 0 Å². The van der Waals surface area contributed by atoms with Crippen molar-refractivity contribution in [2.24, 2.45) is 11.8 Å². The minimum absolute atomic E-state index is 0.224. The van der Waals surface area contributed by atoms with Crippen LogP contribution in [0.4, 0.5) is 0 Å². The zero-order valence-corrected chi connectivity index (χ0v) is 15.9. The molecule has 0 bridgehead atoms. The summed E-state index contributed by atoms with van der Waals surface area (Å²) >= 11 is 0. The molecule has 1 saturated carbocycles. The van der Waals surface area contributed by atoms with E-state index < -0.39 is 5.97 Å². The lowest BCUT2D eigenvalue weighted by molar-refractivity contribution is -0.137. The van der Waals surface area contributed by atoms with Crippen LogP contribution in [0.15, 0.2) is 24.3 Å². The van der Waals surface area contributed by atoms with Crippen molar-refractivity contribution in [2.45, 2.75) is 96.2 Å². The molecule has 0 radical (unpaired) electrons. The predicted molar refractivity (Wildman–Crippen MR) is 103 cm³/mol. The molecule has 0 aromatic carbocycles. The lowest BCUT2D eigenvalue weighted by Crippen LogP contribution is -2.16. The Kier molecular flexibility index (Phi) is 9.31. The molecule has 1 aliphatic carbocycles. The molecule has 0 amide bonds. The lowest BCUT2D eigenvalue weighted by Gasteiger charge is -2.16. The van der Waals surface area contributed by atoms with E-state index in [0.29, 0.717) is 17.9 Å². The van der Waals surface area contributed by atoms with E-state index in [1.54, 1.807) is 0 Å². The van der Waals surface area contributed by atoms with E-state index in [9.17, 15) is 4.79 Å². The molecule has 3 heteroatoms. The fourth-order valence-corrected chi connectivity index (χ4v) is 4.24. The number of aliphatic carboxylic acids is 1. The summed E-state index contributed by atoms with van der Waals surface area (Å²) in [6, 6.07) is 0. The molecular formula is C22H36O3. The summed E-state index contributed by atoms with van der Waals surface area (Å²) < 4.78 is 6.31. The van der Waals surface area contributed by atoms with Crippen molar-refractivity contribution in [3.05, 3.63) is 24.3 Å². The van der Waals surface area contributed by atoms with Crippen molar-refractivity contribution in [1.82, 2.24) is 0 Å². The van der Waals surface area contributed by atoms with Crippen LogP contribution in [0.3, 0.4) is 0 Å². The summed E-state index contributed by atoms with van der Waals surface area (Å²) in [6.45, 7) is 2.25. The van der Waals surface area contributed by atoms with Gasteiger partial charge in [-0.1, -0.05) is 56.9 Å². The Bertz CT molecular complexity index is 441. The van der Waals surface area contributed by atoms with Crippen molar-refractivity contribution in [3.8, 4) is 0 Å². The Morgan fingerprint density at radius 2 is 1.80 bits per heavy atom. The third-order valence-corrected chi connectivity index (χ3v) is 5.63. The lowest BCUT2D eigenvalue weighted by atomic mass is 9.87. The van der Waals surface area contributed by atoms with Gasteiger partial charge >= 0.3 is 5.97 Å². The zero-order valence-electron chi connectivity index (χ0n) is 15.9. The first-order chi connectivity index (χ1) is 12.2. The van der Waals surface area contributed by atoms with Crippen molar-refractivity contribution in [2.75, 3.05) is 0 Å². The highest BCUT2D eigenvalue weighted by atomic mass is 16.5. The van der Waals surface area contributed by atoms with Gasteiger partial charge in [0.2, 0.25) is 0 Å². The van der Waals surface area contributed by atoms with Crippen LogP contribution in [0, 0.1) is 11.8 Å². The molecule has 0 aromatic rings. The summed E-state index contributed by atoms with van der Waals surface area (Å²) in [7, 11) is 0. The van der Waals surface area contributed by atoms with Crippen LogP contribution in [-0.2, 0) is 9.53 Å². The standard InChI is InChI=1S/C22H36O3/c1-2-3-4-5-6-9-13-18-19-14-12-16-21(19)25-20(18)15-10-7-8-11-17-22(23)24/h9-10,13,15,18-21H,2-8,11-12,14,16-17H2,1H3,(H,23,24)/b13-9+,15-10-. The maximum Gasteiger partial charge on any atom is 0.303 e. The van der Waals surface area contributed by atoms with Crippen LogP contribution in [0.2, 0.25) is 0 Å². The molecule has 2 rings (SSSR count). The first-order valence-corrected chi connectivity index (χ1v) is 10.4. The highest BCUT2D eigenvalue weighted by Crippen LogP contribution is 2.44. The zero-order chi connectivity index (χ0) is 17.9. The molecule has 4 atom stereocenters. The maximum atomic E-state index is 10.5. The van der Waals surface area contributed by atoms with E-state index >= 15 is 0 Å². The molecule has 4 unspecified atom stereocenters. The number of hydrogen-bond donors (Lipinski definition) is 1. The van der Waals surface area contributed by atoms with Crippen molar-refractivity contribution < 1.29 is 14.6 Å². The van der Waals surface area contributed by atoms with Gasteiger partial charge in [-0.2, -0.15) is 0 Å². The largest absolute Gasteiger partial charge is 0.481 e. The summed E-state index contributed by atoms with van der Waals surface area (Å²) in [5.41, 5.74) is 0. The summed E-state index contributed by atoms with van der Waals surface area (Å²) in [4.78, 5) is 10.5. The molecule has 1 N–H and O–H groups in total. The Hall–Kier alpha value is -1.09. The van der Waals surface area contributed by atoms with Crippen LogP contribution in [-0.4, -0.2) is 23.3 Å². The third-order valence-electron chi connectivity index (χ3n) is 5.63. The smallest absolute Gasteiger partial charge is 0.303 e. The number of fused-ring (bicyclic) bond motifs is 1. The number of allylic oxidation sites excluding steroid dienone is 2. The average Bonchev–Trinajstić information content (AvgIpc) is 3.15. The van der Waals surface area contributed by atoms with Crippen molar-refractivity contribution >= 4 is 5.97 Å². The van der Waals surface area contributed by atoms with Gasteiger partial charge in [0, 0.05) is 12.3 Å². The topological polar surface area (TPSA) is 46.5 Å². The Morgan fingerprint density at radius 3 is 2.56 bits per heavy atom. The monoisotopic (exact) mass is 348 g/mol. The molecule has 2 aliphatic rings. The molecule has 142 valence electrons. The second-order valence-corrected chi connectivity index (χ2v) is 7.66. The predicted octanol–water partition coefficient (Wildman–Crippen LogP) is 5.90. The quantitative estimate of drug-likeness (QED) is 0.353. The minimum atomic E-state index is -0.694. The first-order valence-electron chi connectivity index (χ1n) is 10.4. The summed E-state index contributed by atoms with van der Waals surface area (Å²) in [5.74, 6) is 0.544. The van der Waals surface area contributed by atoms with Gasteiger partial charge in [-0.05, 0) is 50.9 Å². The molecule has 0 spiro atoms. The van der Waals surface area contributed by atoms with Crippen LogP contribution < -0.4 is 0 Å². The van der Waals surface area contributed by atoms with Crippen LogP contribution >= 0.6 is 0 Å². The molecular weight excluding hydrogens is 312 g/mol. The van der Waals surface area contributed by atoms with Crippen LogP contribution in [0.1, 0.15) is 84.0 Å². The van der Waals surface area contributed by atoms with E-state index in [1.165, 1.54) is 51.4 Å². The van der Waals surface area contributed by atoms with Crippen LogP contribution in [0.25, 0.3) is 0 Å². The number of hydrogen-bond acceptors (Lipinski definition) is 2. The van der Waals surface area contributed by atoms with E-state index in [-0.39, 0.29) is 12.5 Å². The van der Waals surface area contributed by atoms with E-state index in [2.05, 4.69) is 31.2 Å². The number of carboxylic acid groups (broad SMARTS) is 1. The van der Waals surface area contributed by atoms with Gasteiger partial charge in [0.25, 0.3) is 0 Å². The van der Waals surface area contributed by atoms with E-state index in [0.717, 1.165) is 19.3 Å². The molecule has 0 aromatic heterocycles. The number of rotatable bonds is 12. The van der Waals surface area contributed by atoms with Gasteiger partial charge in [-0.25, -0.2) is 0 Å². The summed E-state index contributed by atoms with van der Waals surface area (Å²) in [5, 5.41) is 8.67. The highest BCUT2D eigenvalue weighted by molar-refractivity contribution is 5.66. The molecule has 25 heavy (non-hydrogen) atoms. The Labute approximate surface area is 153 Å². The van der Waals surface area contributed by atoms with E-state index in [1.807, 2.05) is 0 Å². The summed E-state index contributed by atoms with van der Waals surface area (Å²) in [6.07, 6.45) is 23.2. The number of carbonyl (C=O) groups is 1. The number of unbranched alkanes of at least 4 members (excludes halogenated alkanes) is 6. The van der Waals surface area contributed by atoms with Crippen LogP contribution in [0.5, 0.6) is 0 Å². The minimum Gasteiger partial charge on any atom is -0.481 e.